The van der Waals surface area contributed by atoms with Gasteiger partial charge in [-0.05, 0) is 27.7 Å². The molecule has 0 aliphatic carbocycles. The Hall–Kier alpha value is -1.36. The average molecular weight is 252 g/mol. The Labute approximate surface area is 107 Å². The van der Waals surface area contributed by atoms with Crippen molar-refractivity contribution in [1.82, 2.24) is 10.1 Å². The van der Waals surface area contributed by atoms with E-state index in [1.165, 1.54) is 0 Å². The highest BCUT2D eigenvalue weighted by Gasteiger charge is 2.28. The van der Waals surface area contributed by atoms with Gasteiger partial charge >= 0.3 is 0 Å². The van der Waals surface area contributed by atoms with Crippen molar-refractivity contribution in [2.75, 3.05) is 13.2 Å². The minimum atomic E-state index is 0.106. The fourth-order valence-electron chi connectivity index (χ4n) is 2.26. The van der Waals surface area contributed by atoms with Crippen LogP contribution in [0, 0.1) is 13.8 Å². The molecule has 2 atom stereocenters. The number of morpholine rings is 1. The van der Waals surface area contributed by atoms with Gasteiger partial charge in [-0.2, -0.15) is 0 Å². The summed E-state index contributed by atoms with van der Waals surface area (Å²) in [7, 11) is 0. The van der Waals surface area contributed by atoms with Crippen LogP contribution in [0.2, 0.25) is 0 Å². The summed E-state index contributed by atoms with van der Waals surface area (Å²) in [6.07, 6.45) is 0.466. The lowest BCUT2D eigenvalue weighted by atomic mass is 10.1. The average Bonchev–Trinajstić information content (AvgIpc) is 2.64. The molecule has 0 unspecified atom stereocenters. The van der Waals surface area contributed by atoms with E-state index in [0.29, 0.717) is 19.6 Å². The van der Waals surface area contributed by atoms with Gasteiger partial charge in [0.15, 0.2) is 0 Å². The number of carbonyl (C=O) groups is 1. The first-order valence-corrected chi connectivity index (χ1v) is 6.32. The highest BCUT2D eigenvalue weighted by atomic mass is 16.5. The molecule has 0 N–H and O–H groups in total. The Morgan fingerprint density at radius 2 is 2.17 bits per heavy atom. The standard InChI is InChI=1S/C13H20N2O3/c1-8-7-17-9(2)6-15(8)13(16)5-12-10(3)14-18-11(12)4/h8-9H,5-7H2,1-4H3/t8-,9+/m1/s1. The fourth-order valence-corrected chi connectivity index (χ4v) is 2.26. The van der Waals surface area contributed by atoms with Crippen LogP contribution in [-0.2, 0) is 16.0 Å². The van der Waals surface area contributed by atoms with E-state index in [1.54, 1.807) is 0 Å². The third-order valence-corrected chi connectivity index (χ3v) is 3.44. The zero-order chi connectivity index (χ0) is 13.3. The molecular formula is C13H20N2O3. The molecule has 1 fully saturated rings. The van der Waals surface area contributed by atoms with Crippen LogP contribution >= 0.6 is 0 Å². The molecule has 1 aromatic rings. The first-order chi connectivity index (χ1) is 8.49. The van der Waals surface area contributed by atoms with E-state index in [1.807, 2.05) is 32.6 Å². The van der Waals surface area contributed by atoms with Gasteiger partial charge in [0.25, 0.3) is 0 Å². The normalized spacial score (nSPS) is 24.3. The third-order valence-electron chi connectivity index (χ3n) is 3.44. The molecular weight excluding hydrogens is 232 g/mol. The van der Waals surface area contributed by atoms with E-state index in [9.17, 15) is 4.79 Å². The van der Waals surface area contributed by atoms with Gasteiger partial charge in [-0.3, -0.25) is 4.79 Å². The second-order valence-corrected chi connectivity index (χ2v) is 5.02. The number of aromatic nitrogens is 1. The van der Waals surface area contributed by atoms with Gasteiger partial charge in [0.2, 0.25) is 5.91 Å². The maximum atomic E-state index is 12.3. The summed E-state index contributed by atoms with van der Waals surface area (Å²) in [6.45, 7) is 8.97. The molecule has 2 heterocycles. The Morgan fingerprint density at radius 1 is 1.44 bits per heavy atom. The molecule has 1 amide bonds. The topological polar surface area (TPSA) is 55.6 Å². The lowest BCUT2D eigenvalue weighted by Gasteiger charge is -2.36. The van der Waals surface area contributed by atoms with E-state index in [0.717, 1.165) is 17.0 Å². The number of hydrogen-bond donors (Lipinski definition) is 0. The fraction of sp³-hybridized carbons (Fsp3) is 0.692. The lowest BCUT2D eigenvalue weighted by molar-refractivity contribution is -0.142. The molecule has 1 aliphatic heterocycles. The van der Waals surface area contributed by atoms with Crippen molar-refractivity contribution < 1.29 is 14.1 Å². The van der Waals surface area contributed by atoms with E-state index in [2.05, 4.69) is 5.16 Å². The largest absolute Gasteiger partial charge is 0.375 e. The van der Waals surface area contributed by atoms with Gasteiger partial charge < -0.3 is 14.2 Å². The summed E-state index contributed by atoms with van der Waals surface area (Å²) in [6, 6.07) is 0.133. The van der Waals surface area contributed by atoms with Crippen molar-refractivity contribution in [1.29, 1.82) is 0 Å². The van der Waals surface area contributed by atoms with E-state index >= 15 is 0 Å². The van der Waals surface area contributed by atoms with Gasteiger partial charge in [-0.15, -0.1) is 0 Å². The quantitative estimate of drug-likeness (QED) is 0.799. The van der Waals surface area contributed by atoms with Crippen LogP contribution in [0.5, 0.6) is 0 Å². The van der Waals surface area contributed by atoms with Crippen LogP contribution < -0.4 is 0 Å². The number of carbonyl (C=O) groups excluding carboxylic acids is 1. The molecule has 2 rings (SSSR count). The molecule has 1 aliphatic rings. The number of amides is 1. The van der Waals surface area contributed by atoms with Crippen LogP contribution in [0.3, 0.4) is 0 Å². The summed E-state index contributed by atoms with van der Waals surface area (Å²) in [5.74, 6) is 0.849. The Kier molecular flexibility index (Phi) is 3.71. The Bertz CT molecular complexity index is 422. The highest BCUT2D eigenvalue weighted by Crippen LogP contribution is 2.17. The number of hydrogen-bond acceptors (Lipinski definition) is 4. The summed E-state index contributed by atoms with van der Waals surface area (Å²) in [4.78, 5) is 14.2. The van der Waals surface area contributed by atoms with Crippen molar-refractivity contribution in [3.8, 4) is 0 Å². The Morgan fingerprint density at radius 3 is 2.78 bits per heavy atom. The zero-order valence-electron chi connectivity index (χ0n) is 11.4. The van der Waals surface area contributed by atoms with Gasteiger partial charge in [-0.25, -0.2) is 0 Å². The molecule has 5 heteroatoms. The van der Waals surface area contributed by atoms with Gasteiger partial charge in [0.1, 0.15) is 5.76 Å². The molecule has 100 valence electrons. The summed E-state index contributed by atoms with van der Waals surface area (Å²) in [5, 5.41) is 3.88. The highest BCUT2D eigenvalue weighted by molar-refractivity contribution is 5.79. The SMILES string of the molecule is Cc1noc(C)c1CC(=O)N1C[C@H](C)OC[C@H]1C. The number of ether oxygens (including phenoxy) is 1. The summed E-state index contributed by atoms with van der Waals surface area (Å²) in [5.41, 5.74) is 1.71. The molecule has 1 aromatic heterocycles. The van der Waals surface area contributed by atoms with Crippen molar-refractivity contribution in [2.45, 2.75) is 46.3 Å². The van der Waals surface area contributed by atoms with Crippen molar-refractivity contribution in [3.63, 3.8) is 0 Å². The Balaban J connectivity index is 2.07. The number of rotatable bonds is 2. The van der Waals surface area contributed by atoms with E-state index < -0.39 is 0 Å². The number of nitrogens with zero attached hydrogens (tertiary/aromatic N) is 2. The molecule has 0 aromatic carbocycles. The smallest absolute Gasteiger partial charge is 0.227 e. The van der Waals surface area contributed by atoms with Crippen LogP contribution in [0.4, 0.5) is 0 Å². The lowest BCUT2D eigenvalue weighted by Crippen LogP contribution is -2.50. The first-order valence-electron chi connectivity index (χ1n) is 6.32. The van der Waals surface area contributed by atoms with Gasteiger partial charge in [0, 0.05) is 12.1 Å². The number of aryl methyl sites for hydroxylation is 2. The second kappa shape index (κ2) is 5.10. The second-order valence-electron chi connectivity index (χ2n) is 5.02. The van der Waals surface area contributed by atoms with Crippen molar-refractivity contribution in [3.05, 3.63) is 17.0 Å². The predicted molar refractivity (Wildman–Crippen MR) is 66.3 cm³/mol. The van der Waals surface area contributed by atoms with Crippen LogP contribution in [0.1, 0.15) is 30.9 Å². The maximum Gasteiger partial charge on any atom is 0.227 e. The van der Waals surface area contributed by atoms with Gasteiger partial charge in [-0.1, -0.05) is 5.16 Å². The van der Waals surface area contributed by atoms with Crippen LogP contribution in [0.15, 0.2) is 4.52 Å². The van der Waals surface area contributed by atoms with Crippen LogP contribution in [-0.4, -0.2) is 41.3 Å². The van der Waals surface area contributed by atoms with Crippen molar-refractivity contribution in [2.24, 2.45) is 0 Å². The summed E-state index contributed by atoms with van der Waals surface area (Å²) >= 11 is 0. The predicted octanol–water partition coefficient (Wildman–Crippen LogP) is 1.47. The summed E-state index contributed by atoms with van der Waals surface area (Å²) < 4.78 is 10.6. The minimum absolute atomic E-state index is 0.106. The monoisotopic (exact) mass is 252 g/mol. The van der Waals surface area contributed by atoms with Crippen molar-refractivity contribution >= 4 is 5.91 Å². The molecule has 0 saturated carbocycles. The molecule has 5 nitrogen and oxygen atoms in total. The van der Waals surface area contributed by atoms with Gasteiger partial charge in [0.05, 0.1) is 30.9 Å². The molecule has 1 saturated heterocycles. The zero-order valence-corrected chi connectivity index (χ0v) is 11.4. The maximum absolute atomic E-state index is 12.3. The molecule has 0 spiro atoms. The first kappa shape index (κ1) is 13.1. The molecule has 0 bridgehead atoms. The molecule has 18 heavy (non-hydrogen) atoms. The minimum Gasteiger partial charge on any atom is -0.375 e. The molecule has 0 radical (unpaired) electrons. The van der Waals surface area contributed by atoms with Crippen LogP contribution in [0.25, 0.3) is 0 Å². The van der Waals surface area contributed by atoms with E-state index in [-0.39, 0.29) is 18.1 Å². The van der Waals surface area contributed by atoms with E-state index in [4.69, 9.17) is 9.26 Å². The third kappa shape index (κ3) is 2.56.